The van der Waals surface area contributed by atoms with Crippen molar-refractivity contribution in [3.8, 4) is 11.7 Å². The fourth-order valence-corrected chi connectivity index (χ4v) is 3.70. The molecule has 1 amide bonds. The molecule has 1 aromatic carbocycles. The number of amides is 1. The average molecular weight is 434 g/mol. The van der Waals surface area contributed by atoms with Gasteiger partial charge in [-0.05, 0) is 30.7 Å². The summed E-state index contributed by atoms with van der Waals surface area (Å²) >= 11 is 1.17. The molecule has 3 aromatic heterocycles. The second kappa shape index (κ2) is 7.37. The molecule has 0 spiro atoms. The van der Waals surface area contributed by atoms with Gasteiger partial charge in [-0.2, -0.15) is 18.3 Å². The monoisotopic (exact) mass is 434 g/mol. The second-order valence-electron chi connectivity index (χ2n) is 6.19. The highest BCUT2D eigenvalue weighted by Gasteiger charge is 2.41. The minimum Gasteiger partial charge on any atom is -0.480 e. The molecule has 0 fully saturated rings. The lowest BCUT2D eigenvalue weighted by Gasteiger charge is -2.11. The molecule has 8 nitrogen and oxygen atoms in total. The summed E-state index contributed by atoms with van der Waals surface area (Å²) in [4.78, 5) is 16.9. The first-order chi connectivity index (χ1) is 14.3. The second-order valence-corrected chi connectivity index (χ2v) is 7.23. The molecule has 3 heterocycles. The van der Waals surface area contributed by atoms with Crippen LogP contribution in [0.4, 0.5) is 18.3 Å². The van der Waals surface area contributed by atoms with Crippen molar-refractivity contribution in [2.45, 2.75) is 13.1 Å². The fraction of sp³-hybridized carbons (Fsp3) is 0.167. The van der Waals surface area contributed by atoms with E-state index in [2.05, 4.69) is 25.6 Å². The molecule has 4 rings (SSSR count). The number of halogens is 3. The molecule has 0 aliphatic rings. The summed E-state index contributed by atoms with van der Waals surface area (Å²) in [6, 6.07) is 8.11. The quantitative estimate of drug-likeness (QED) is 0.524. The predicted molar refractivity (Wildman–Crippen MR) is 103 cm³/mol. The average Bonchev–Trinajstić information content (AvgIpc) is 3.31. The summed E-state index contributed by atoms with van der Waals surface area (Å²) in [5.41, 5.74) is -0.279. The highest BCUT2D eigenvalue weighted by Crippen LogP contribution is 2.34. The number of ether oxygens (including phenoxy) is 1. The summed E-state index contributed by atoms with van der Waals surface area (Å²) in [6.07, 6.45) is -4.03. The number of nitrogens with zero attached hydrogens (tertiary/aromatic N) is 5. The van der Waals surface area contributed by atoms with E-state index in [9.17, 15) is 18.0 Å². The number of thiazole rings is 1. The summed E-state index contributed by atoms with van der Waals surface area (Å²) in [7, 11) is 1.35. The van der Waals surface area contributed by atoms with Gasteiger partial charge in [0.15, 0.2) is 16.6 Å². The molecule has 0 unspecified atom stereocenters. The largest absolute Gasteiger partial charge is 0.480 e. The number of alkyl halides is 3. The molecule has 154 valence electrons. The number of carbonyl (C=O) groups is 1. The molecule has 0 aliphatic carbocycles. The Labute approximate surface area is 171 Å². The van der Waals surface area contributed by atoms with Crippen molar-refractivity contribution in [3.63, 3.8) is 0 Å². The van der Waals surface area contributed by atoms with Gasteiger partial charge in [0, 0.05) is 6.07 Å². The molecule has 0 bridgehead atoms. The van der Waals surface area contributed by atoms with Gasteiger partial charge < -0.3 is 4.74 Å². The summed E-state index contributed by atoms with van der Waals surface area (Å²) in [5, 5.41) is 13.6. The van der Waals surface area contributed by atoms with Gasteiger partial charge in [0.2, 0.25) is 5.88 Å². The molecule has 0 saturated carbocycles. The van der Waals surface area contributed by atoms with Gasteiger partial charge in [-0.1, -0.05) is 17.4 Å². The van der Waals surface area contributed by atoms with E-state index >= 15 is 0 Å². The highest BCUT2D eigenvalue weighted by atomic mass is 32.1. The van der Waals surface area contributed by atoms with Gasteiger partial charge >= 0.3 is 6.18 Å². The summed E-state index contributed by atoms with van der Waals surface area (Å²) in [5.74, 6) is -1.06. The Morgan fingerprint density at radius 3 is 2.67 bits per heavy atom. The van der Waals surface area contributed by atoms with E-state index in [0.717, 1.165) is 16.5 Å². The Morgan fingerprint density at radius 1 is 1.20 bits per heavy atom. The lowest BCUT2D eigenvalue weighted by atomic mass is 10.2. The van der Waals surface area contributed by atoms with Gasteiger partial charge in [0.1, 0.15) is 0 Å². The van der Waals surface area contributed by atoms with Crippen LogP contribution in [0.3, 0.4) is 0 Å². The van der Waals surface area contributed by atoms with Crippen LogP contribution in [0, 0.1) is 6.92 Å². The van der Waals surface area contributed by atoms with E-state index < -0.39 is 23.3 Å². The molecule has 0 saturated heterocycles. The number of aryl methyl sites for hydroxylation is 1. The van der Waals surface area contributed by atoms with Crippen LogP contribution in [0.5, 0.6) is 5.88 Å². The molecule has 0 aliphatic heterocycles. The Hall–Kier alpha value is -3.54. The van der Waals surface area contributed by atoms with Crippen molar-refractivity contribution >= 4 is 32.6 Å². The van der Waals surface area contributed by atoms with Crippen molar-refractivity contribution in [1.29, 1.82) is 0 Å². The van der Waals surface area contributed by atoms with Crippen LogP contribution < -0.4 is 10.1 Å². The van der Waals surface area contributed by atoms with E-state index in [1.54, 1.807) is 6.07 Å². The van der Waals surface area contributed by atoms with Crippen molar-refractivity contribution in [3.05, 3.63) is 53.3 Å². The minimum absolute atomic E-state index is 0.128. The Morgan fingerprint density at radius 2 is 2.00 bits per heavy atom. The third-order valence-electron chi connectivity index (χ3n) is 4.10. The van der Waals surface area contributed by atoms with Crippen molar-refractivity contribution in [2.24, 2.45) is 0 Å². The normalized spacial score (nSPS) is 11.6. The van der Waals surface area contributed by atoms with E-state index in [1.807, 2.05) is 19.1 Å². The van der Waals surface area contributed by atoms with Crippen LogP contribution in [0.2, 0.25) is 0 Å². The molecule has 0 radical (unpaired) electrons. The maximum Gasteiger partial charge on any atom is 0.434 e. The van der Waals surface area contributed by atoms with Crippen LogP contribution in [0.25, 0.3) is 16.0 Å². The first-order valence-corrected chi connectivity index (χ1v) is 9.30. The minimum atomic E-state index is -4.87. The molecule has 1 N–H and O–H groups in total. The van der Waals surface area contributed by atoms with E-state index in [0.29, 0.717) is 10.2 Å². The smallest absolute Gasteiger partial charge is 0.434 e. The third-order valence-corrected chi connectivity index (χ3v) is 5.03. The Bertz CT molecular complexity index is 1230. The first kappa shape index (κ1) is 19.8. The Balaban J connectivity index is 1.70. The van der Waals surface area contributed by atoms with Crippen molar-refractivity contribution in [1.82, 2.24) is 25.0 Å². The highest BCUT2D eigenvalue weighted by molar-refractivity contribution is 7.22. The van der Waals surface area contributed by atoms with E-state index in [1.165, 1.54) is 30.6 Å². The number of anilines is 1. The zero-order chi connectivity index (χ0) is 21.5. The van der Waals surface area contributed by atoms with Crippen LogP contribution in [-0.2, 0) is 6.18 Å². The number of nitrogens with one attached hydrogen (secondary N) is 1. The number of benzene rings is 1. The predicted octanol–water partition coefficient (Wildman–Crippen LogP) is 3.86. The number of hydrogen-bond acceptors (Lipinski definition) is 7. The third kappa shape index (κ3) is 3.68. The Kier molecular flexibility index (Phi) is 4.86. The number of rotatable bonds is 4. The van der Waals surface area contributed by atoms with Gasteiger partial charge in [0.25, 0.3) is 5.91 Å². The molecular weight excluding hydrogens is 421 g/mol. The standard InChI is InChI=1S/C18H13F3N6O2S/c1-9-3-4-11-12(7-9)30-17(23-11)24-16(28)10-8-22-27(15(10)18(19,20)21)13-5-6-14(29-2)26-25-13/h3-8H,1-2H3,(H,23,24,28). The van der Waals surface area contributed by atoms with Gasteiger partial charge in [-0.25, -0.2) is 9.67 Å². The maximum atomic E-state index is 13.8. The zero-order valence-corrected chi connectivity index (χ0v) is 16.4. The number of methoxy groups -OCH3 is 1. The van der Waals surface area contributed by atoms with Crippen LogP contribution in [0.15, 0.2) is 36.5 Å². The lowest BCUT2D eigenvalue weighted by Crippen LogP contribution is -2.21. The fourth-order valence-electron chi connectivity index (χ4n) is 2.75. The van der Waals surface area contributed by atoms with Gasteiger partial charge in [-0.3, -0.25) is 10.1 Å². The molecule has 30 heavy (non-hydrogen) atoms. The van der Waals surface area contributed by atoms with E-state index in [4.69, 9.17) is 4.74 Å². The lowest BCUT2D eigenvalue weighted by molar-refractivity contribution is -0.143. The van der Waals surface area contributed by atoms with Gasteiger partial charge in [0.05, 0.1) is 29.1 Å². The number of aromatic nitrogens is 5. The summed E-state index contributed by atoms with van der Waals surface area (Å²) < 4.78 is 47.4. The van der Waals surface area contributed by atoms with Crippen LogP contribution in [-0.4, -0.2) is 38.0 Å². The zero-order valence-electron chi connectivity index (χ0n) is 15.6. The number of hydrogen-bond donors (Lipinski definition) is 1. The molecule has 0 atom stereocenters. The number of fused-ring (bicyclic) bond motifs is 1. The first-order valence-electron chi connectivity index (χ1n) is 8.48. The van der Waals surface area contributed by atoms with Crippen molar-refractivity contribution < 1.29 is 22.7 Å². The molecule has 4 aromatic rings. The summed E-state index contributed by atoms with van der Waals surface area (Å²) in [6.45, 7) is 1.91. The molecular formula is C18H13F3N6O2S. The number of carbonyl (C=O) groups excluding carboxylic acids is 1. The SMILES string of the molecule is COc1ccc(-n2ncc(C(=O)Nc3nc4ccc(C)cc4s3)c2C(F)(F)F)nn1. The van der Waals surface area contributed by atoms with E-state index in [-0.39, 0.29) is 16.8 Å². The molecule has 12 heteroatoms. The topological polar surface area (TPSA) is 94.8 Å². The maximum absolute atomic E-state index is 13.8. The van der Waals surface area contributed by atoms with Crippen molar-refractivity contribution in [2.75, 3.05) is 12.4 Å². The van der Waals surface area contributed by atoms with Crippen LogP contribution in [0.1, 0.15) is 21.6 Å². The van der Waals surface area contributed by atoms with Crippen LogP contribution >= 0.6 is 11.3 Å². The van der Waals surface area contributed by atoms with Gasteiger partial charge in [-0.15, -0.1) is 10.2 Å².